The number of hydrogen-bond acceptors (Lipinski definition) is 2. The topological polar surface area (TPSA) is 6.48 Å². The van der Waals surface area contributed by atoms with E-state index < -0.39 is 0 Å². The van der Waals surface area contributed by atoms with Gasteiger partial charge >= 0.3 is 0 Å². The van der Waals surface area contributed by atoms with Gasteiger partial charge < -0.3 is 0 Å². The van der Waals surface area contributed by atoms with Crippen LogP contribution in [0.5, 0.6) is 0 Å². The molecular weight excluding hydrogens is 167 g/mol. The van der Waals surface area contributed by atoms with Crippen LogP contribution in [0.4, 0.5) is 0 Å². The molecule has 1 aliphatic carbocycles. The Hall–Kier alpha value is 0.350. The van der Waals surface area contributed by atoms with Crippen LogP contribution >= 0.6 is 8.22 Å². The van der Waals surface area contributed by atoms with Gasteiger partial charge in [0.05, 0.1) is 0 Å². The maximum Gasteiger partial charge on any atom is 0.0362 e. The molecule has 0 N–H and O–H groups in total. The standard InChI is InChI=1S/C9H19N2P/c1-10-8-6-4-5-7-9(8)11(2)12(10)3/h8-9H,4-7H2,1-3H3/t8-,9-/m0/s1. The quantitative estimate of drug-likeness (QED) is 0.535. The minimum atomic E-state index is 0.0289. The van der Waals surface area contributed by atoms with Crippen LogP contribution in [0.25, 0.3) is 0 Å². The number of rotatable bonds is 0. The van der Waals surface area contributed by atoms with Crippen LogP contribution in [0.2, 0.25) is 0 Å². The fourth-order valence-electron chi connectivity index (χ4n) is 2.62. The van der Waals surface area contributed by atoms with E-state index in [9.17, 15) is 0 Å². The van der Waals surface area contributed by atoms with E-state index in [2.05, 4.69) is 30.1 Å². The Morgan fingerprint density at radius 3 is 1.83 bits per heavy atom. The molecule has 2 aliphatic rings. The molecule has 0 aromatic rings. The van der Waals surface area contributed by atoms with E-state index in [-0.39, 0.29) is 8.22 Å². The zero-order chi connectivity index (χ0) is 8.72. The molecule has 2 nitrogen and oxygen atoms in total. The second-order valence-corrected chi connectivity index (χ2v) is 6.30. The first-order valence-electron chi connectivity index (χ1n) is 4.91. The maximum atomic E-state index is 2.61. The molecule has 0 radical (unpaired) electrons. The van der Waals surface area contributed by atoms with E-state index in [0.717, 1.165) is 12.1 Å². The van der Waals surface area contributed by atoms with Gasteiger partial charge in [0.1, 0.15) is 0 Å². The van der Waals surface area contributed by atoms with Gasteiger partial charge in [-0.15, -0.1) is 0 Å². The molecule has 0 spiro atoms. The van der Waals surface area contributed by atoms with Crippen molar-refractivity contribution in [3.63, 3.8) is 0 Å². The van der Waals surface area contributed by atoms with Crippen LogP contribution in [-0.2, 0) is 0 Å². The molecule has 2 fully saturated rings. The summed E-state index contributed by atoms with van der Waals surface area (Å²) in [7, 11) is 4.64. The highest BCUT2D eigenvalue weighted by atomic mass is 31.1. The van der Waals surface area contributed by atoms with Crippen molar-refractivity contribution in [1.29, 1.82) is 0 Å². The molecule has 2 rings (SSSR count). The van der Waals surface area contributed by atoms with Crippen LogP contribution < -0.4 is 0 Å². The molecular formula is C9H19N2P. The van der Waals surface area contributed by atoms with Crippen LogP contribution in [-0.4, -0.2) is 42.2 Å². The Kier molecular flexibility index (Phi) is 2.42. The van der Waals surface area contributed by atoms with Gasteiger partial charge in [-0.3, -0.25) is 9.34 Å². The average molecular weight is 186 g/mol. The molecule has 0 amide bonds. The highest BCUT2D eigenvalue weighted by Crippen LogP contribution is 2.52. The summed E-state index contributed by atoms with van der Waals surface area (Å²) in [4.78, 5) is 0. The van der Waals surface area contributed by atoms with Crippen molar-refractivity contribution in [2.75, 3.05) is 20.8 Å². The summed E-state index contributed by atoms with van der Waals surface area (Å²) in [6, 6.07) is 1.75. The lowest BCUT2D eigenvalue weighted by atomic mass is 9.91. The van der Waals surface area contributed by atoms with Gasteiger partial charge in [-0.25, -0.2) is 0 Å². The van der Waals surface area contributed by atoms with E-state index in [1.54, 1.807) is 0 Å². The summed E-state index contributed by atoms with van der Waals surface area (Å²) in [6.45, 7) is 2.38. The first-order chi connectivity index (χ1) is 5.72. The minimum absolute atomic E-state index is 0.0289. The van der Waals surface area contributed by atoms with Crippen molar-refractivity contribution in [2.24, 2.45) is 0 Å². The van der Waals surface area contributed by atoms with Crippen molar-refractivity contribution in [1.82, 2.24) is 9.34 Å². The first-order valence-corrected chi connectivity index (χ1v) is 6.60. The third-order valence-electron chi connectivity index (χ3n) is 3.57. The van der Waals surface area contributed by atoms with Crippen LogP contribution in [0.3, 0.4) is 0 Å². The largest absolute Gasteiger partial charge is 0.269 e. The van der Waals surface area contributed by atoms with Crippen molar-refractivity contribution in [3.05, 3.63) is 0 Å². The third-order valence-corrected chi connectivity index (χ3v) is 5.99. The van der Waals surface area contributed by atoms with Gasteiger partial charge in [0, 0.05) is 20.3 Å². The maximum absolute atomic E-state index is 2.61. The second-order valence-electron chi connectivity index (χ2n) is 4.06. The fourth-order valence-corrected chi connectivity index (χ4v) is 4.46. The molecule has 1 aliphatic heterocycles. The Balaban J connectivity index is 2.14. The lowest BCUT2D eigenvalue weighted by Crippen LogP contribution is -2.37. The summed E-state index contributed by atoms with van der Waals surface area (Å²) < 4.78 is 5.22. The monoisotopic (exact) mass is 186 g/mol. The van der Waals surface area contributed by atoms with E-state index in [1.807, 2.05) is 0 Å². The van der Waals surface area contributed by atoms with E-state index in [1.165, 1.54) is 25.7 Å². The summed E-state index contributed by atoms with van der Waals surface area (Å²) in [5, 5.41) is 0. The Labute approximate surface area is 76.8 Å². The minimum Gasteiger partial charge on any atom is -0.269 e. The van der Waals surface area contributed by atoms with Crippen LogP contribution in [0.1, 0.15) is 25.7 Å². The Morgan fingerprint density at radius 2 is 1.42 bits per heavy atom. The molecule has 1 heterocycles. The summed E-state index contributed by atoms with van der Waals surface area (Å²) >= 11 is 0. The molecule has 0 unspecified atom stereocenters. The van der Waals surface area contributed by atoms with E-state index >= 15 is 0 Å². The predicted octanol–water partition coefficient (Wildman–Crippen LogP) is 2.12. The molecule has 2 atom stereocenters. The fraction of sp³-hybridized carbons (Fsp3) is 1.00. The van der Waals surface area contributed by atoms with E-state index in [0.29, 0.717) is 0 Å². The molecule has 0 aromatic carbocycles. The van der Waals surface area contributed by atoms with Gasteiger partial charge in [0.2, 0.25) is 0 Å². The lowest BCUT2D eigenvalue weighted by molar-refractivity contribution is 0.233. The SMILES string of the molecule is CN1[C@H]2CCCC[C@@H]2N(C)P1C. The summed E-state index contributed by atoms with van der Waals surface area (Å²) in [5.74, 6) is 0. The highest BCUT2D eigenvalue weighted by Gasteiger charge is 2.41. The zero-order valence-corrected chi connectivity index (χ0v) is 9.22. The number of nitrogens with zero attached hydrogens (tertiary/aromatic N) is 2. The van der Waals surface area contributed by atoms with Crippen molar-refractivity contribution in [3.8, 4) is 0 Å². The molecule has 1 saturated heterocycles. The van der Waals surface area contributed by atoms with Crippen molar-refractivity contribution >= 4 is 8.22 Å². The molecule has 0 aromatic heterocycles. The third kappa shape index (κ3) is 1.21. The van der Waals surface area contributed by atoms with Gasteiger partial charge in [-0.05, 0) is 33.6 Å². The molecule has 12 heavy (non-hydrogen) atoms. The molecule has 1 saturated carbocycles. The predicted molar refractivity (Wildman–Crippen MR) is 54.4 cm³/mol. The average Bonchev–Trinajstić information content (AvgIpc) is 2.33. The zero-order valence-electron chi connectivity index (χ0n) is 8.32. The van der Waals surface area contributed by atoms with Crippen LogP contribution in [0.15, 0.2) is 0 Å². The second kappa shape index (κ2) is 3.25. The highest BCUT2D eigenvalue weighted by molar-refractivity contribution is 7.52. The van der Waals surface area contributed by atoms with E-state index in [4.69, 9.17) is 0 Å². The smallest absolute Gasteiger partial charge is 0.0362 e. The van der Waals surface area contributed by atoms with Crippen LogP contribution in [0, 0.1) is 0 Å². The van der Waals surface area contributed by atoms with Gasteiger partial charge in [0.25, 0.3) is 0 Å². The lowest BCUT2D eigenvalue weighted by Gasteiger charge is -2.29. The number of hydrogen-bond donors (Lipinski definition) is 0. The number of likely N-dealkylation sites (N-methyl/N-ethyl adjacent to an activating group) is 2. The van der Waals surface area contributed by atoms with Gasteiger partial charge in [-0.2, -0.15) is 0 Å². The molecule has 70 valence electrons. The summed E-state index contributed by atoms with van der Waals surface area (Å²) in [5.41, 5.74) is 0. The number of fused-ring (bicyclic) bond motifs is 1. The Bertz CT molecular complexity index is 156. The van der Waals surface area contributed by atoms with Crippen molar-refractivity contribution < 1.29 is 0 Å². The molecule has 0 bridgehead atoms. The normalized spacial score (nSPS) is 40.2. The van der Waals surface area contributed by atoms with Gasteiger partial charge in [-0.1, -0.05) is 12.8 Å². The Morgan fingerprint density at radius 1 is 1.00 bits per heavy atom. The first kappa shape index (κ1) is 8.93. The summed E-state index contributed by atoms with van der Waals surface area (Å²) in [6.07, 6.45) is 5.75. The van der Waals surface area contributed by atoms with Crippen molar-refractivity contribution in [2.45, 2.75) is 37.8 Å². The van der Waals surface area contributed by atoms with Gasteiger partial charge in [0.15, 0.2) is 0 Å². The molecule has 3 heteroatoms.